The zero-order valence-corrected chi connectivity index (χ0v) is 14.1. The molecule has 1 aliphatic heterocycles. The SMILES string of the molecule is O=C(CCC1CCNCC1)Nc1c(F)cccc1Oc1ccccc1. The maximum absolute atomic E-state index is 14.2. The molecule has 0 saturated carbocycles. The summed E-state index contributed by atoms with van der Waals surface area (Å²) < 4.78 is 19.9. The first-order valence-corrected chi connectivity index (χ1v) is 8.74. The van der Waals surface area contributed by atoms with Gasteiger partial charge in [-0.1, -0.05) is 24.3 Å². The summed E-state index contributed by atoms with van der Waals surface area (Å²) in [6.45, 7) is 2.02. The summed E-state index contributed by atoms with van der Waals surface area (Å²) in [4.78, 5) is 12.3. The van der Waals surface area contributed by atoms with Crippen LogP contribution in [-0.4, -0.2) is 19.0 Å². The molecule has 0 bridgehead atoms. The van der Waals surface area contributed by atoms with Crippen molar-refractivity contribution in [2.75, 3.05) is 18.4 Å². The van der Waals surface area contributed by atoms with Gasteiger partial charge in [-0.15, -0.1) is 0 Å². The van der Waals surface area contributed by atoms with Crippen molar-refractivity contribution in [2.45, 2.75) is 25.7 Å². The van der Waals surface area contributed by atoms with Gasteiger partial charge < -0.3 is 15.4 Å². The van der Waals surface area contributed by atoms with Crippen LogP contribution in [0.3, 0.4) is 0 Å². The molecule has 4 nitrogen and oxygen atoms in total. The minimum Gasteiger partial charge on any atom is -0.455 e. The number of anilines is 1. The number of rotatable bonds is 6. The van der Waals surface area contributed by atoms with Gasteiger partial charge in [0.2, 0.25) is 5.91 Å². The van der Waals surface area contributed by atoms with E-state index in [0.29, 0.717) is 23.8 Å². The highest BCUT2D eigenvalue weighted by Gasteiger charge is 2.17. The predicted octanol–water partition coefficient (Wildman–Crippen LogP) is 4.34. The molecule has 0 aliphatic carbocycles. The average molecular weight is 342 g/mol. The summed E-state index contributed by atoms with van der Waals surface area (Å²) in [5.41, 5.74) is 0.0988. The lowest BCUT2D eigenvalue weighted by molar-refractivity contribution is -0.116. The van der Waals surface area contributed by atoms with E-state index in [1.54, 1.807) is 24.3 Å². The summed E-state index contributed by atoms with van der Waals surface area (Å²) in [5, 5.41) is 6.00. The second kappa shape index (κ2) is 8.62. The first-order valence-electron chi connectivity index (χ1n) is 8.74. The Morgan fingerprint density at radius 3 is 2.64 bits per heavy atom. The van der Waals surface area contributed by atoms with E-state index in [2.05, 4.69) is 10.6 Å². The van der Waals surface area contributed by atoms with Crippen molar-refractivity contribution < 1.29 is 13.9 Å². The van der Waals surface area contributed by atoms with Gasteiger partial charge in [0.1, 0.15) is 11.4 Å². The molecule has 1 amide bonds. The molecule has 132 valence electrons. The quantitative estimate of drug-likeness (QED) is 0.821. The topological polar surface area (TPSA) is 50.4 Å². The molecule has 0 unspecified atom stereocenters. The van der Waals surface area contributed by atoms with Crippen LogP contribution in [-0.2, 0) is 4.79 Å². The first-order chi connectivity index (χ1) is 12.2. The smallest absolute Gasteiger partial charge is 0.224 e. The van der Waals surface area contributed by atoms with Gasteiger partial charge in [0.25, 0.3) is 0 Å². The van der Waals surface area contributed by atoms with Crippen LogP contribution in [0.4, 0.5) is 10.1 Å². The molecule has 25 heavy (non-hydrogen) atoms. The van der Waals surface area contributed by atoms with Gasteiger partial charge in [-0.05, 0) is 62.5 Å². The number of ether oxygens (including phenoxy) is 1. The number of benzene rings is 2. The number of para-hydroxylation sites is 2. The molecule has 0 atom stereocenters. The Hall–Kier alpha value is -2.40. The molecule has 0 aromatic heterocycles. The van der Waals surface area contributed by atoms with Crippen LogP contribution in [0, 0.1) is 11.7 Å². The third-order valence-electron chi connectivity index (χ3n) is 4.45. The molecule has 1 heterocycles. The lowest BCUT2D eigenvalue weighted by Gasteiger charge is -2.22. The monoisotopic (exact) mass is 342 g/mol. The molecule has 0 radical (unpaired) electrons. The summed E-state index contributed by atoms with van der Waals surface area (Å²) >= 11 is 0. The summed E-state index contributed by atoms with van der Waals surface area (Å²) in [6.07, 6.45) is 3.41. The van der Waals surface area contributed by atoms with Gasteiger partial charge in [-0.3, -0.25) is 4.79 Å². The third-order valence-corrected chi connectivity index (χ3v) is 4.45. The number of hydrogen-bond acceptors (Lipinski definition) is 3. The lowest BCUT2D eigenvalue weighted by Crippen LogP contribution is -2.28. The van der Waals surface area contributed by atoms with Crippen LogP contribution in [0.2, 0.25) is 0 Å². The van der Waals surface area contributed by atoms with Crippen molar-refractivity contribution >= 4 is 11.6 Å². The Morgan fingerprint density at radius 2 is 1.88 bits per heavy atom. The Balaban J connectivity index is 1.63. The minimum atomic E-state index is -0.497. The number of carbonyl (C=O) groups is 1. The normalized spacial score (nSPS) is 14.9. The van der Waals surface area contributed by atoms with Crippen molar-refractivity contribution in [3.63, 3.8) is 0 Å². The average Bonchev–Trinajstić information content (AvgIpc) is 2.65. The van der Waals surface area contributed by atoms with E-state index in [9.17, 15) is 9.18 Å². The largest absolute Gasteiger partial charge is 0.455 e. The Kier molecular flexibility index (Phi) is 6.01. The van der Waals surface area contributed by atoms with Crippen LogP contribution in [0.25, 0.3) is 0 Å². The highest BCUT2D eigenvalue weighted by atomic mass is 19.1. The van der Waals surface area contributed by atoms with Crippen molar-refractivity contribution in [3.8, 4) is 11.5 Å². The van der Waals surface area contributed by atoms with E-state index in [1.807, 2.05) is 18.2 Å². The number of carbonyl (C=O) groups excluding carboxylic acids is 1. The summed E-state index contributed by atoms with van der Waals surface area (Å²) in [5.74, 6) is 0.789. The van der Waals surface area contributed by atoms with Gasteiger partial charge in [0.15, 0.2) is 11.6 Å². The molecule has 1 aliphatic rings. The molecule has 2 aromatic carbocycles. The highest BCUT2D eigenvalue weighted by Crippen LogP contribution is 2.32. The maximum atomic E-state index is 14.2. The lowest BCUT2D eigenvalue weighted by atomic mass is 9.93. The molecule has 2 N–H and O–H groups in total. The van der Waals surface area contributed by atoms with Crippen molar-refractivity contribution in [3.05, 3.63) is 54.3 Å². The zero-order valence-electron chi connectivity index (χ0n) is 14.1. The Bertz CT molecular complexity index is 700. The number of piperidine rings is 1. The van der Waals surface area contributed by atoms with Crippen LogP contribution in [0.1, 0.15) is 25.7 Å². The van der Waals surface area contributed by atoms with E-state index < -0.39 is 5.82 Å². The Labute approximate surface area is 147 Å². The highest BCUT2D eigenvalue weighted by molar-refractivity contribution is 5.92. The standard InChI is InChI=1S/C20H23FN2O2/c21-17-7-4-8-18(25-16-5-2-1-3-6-16)20(17)23-19(24)10-9-15-11-13-22-14-12-15/h1-8,15,22H,9-14H2,(H,23,24). The van der Waals surface area contributed by atoms with Crippen molar-refractivity contribution in [2.24, 2.45) is 5.92 Å². The number of nitrogens with one attached hydrogen (secondary N) is 2. The predicted molar refractivity (Wildman–Crippen MR) is 96.4 cm³/mol. The molecule has 5 heteroatoms. The molecule has 0 spiro atoms. The van der Waals surface area contributed by atoms with Crippen LogP contribution in [0.5, 0.6) is 11.5 Å². The Morgan fingerprint density at radius 1 is 1.12 bits per heavy atom. The van der Waals surface area contributed by atoms with Gasteiger partial charge in [-0.25, -0.2) is 4.39 Å². The second-order valence-electron chi connectivity index (χ2n) is 6.31. The molecular formula is C20H23FN2O2. The minimum absolute atomic E-state index is 0.0988. The molecule has 1 fully saturated rings. The maximum Gasteiger partial charge on any atom is 0.224 e. The number of hydrogen-bond donors (Lipinski definition) is 2. The fraction of sp³-hybridized carbons (Fsp3) is 0.350. The van der Waals surface area contributed by atoms with E-state index in [4.69, 9.17) is 4.74 Å². The first kappa shape index (κ1) is 17.4. The fourth-order valence-corrected chi connectivity index (χ4v) is 3.03. The number of amides is 1. The van der Waals surface area contributed by atoms with Gasteiger partial charge in [0.05, 0.1) is 0 Å². The second-order valence-corrected chi connectivity index (χ2v) is 6.31. The van der Waals surface area contributed by atoms with Crippen molar-refractivity contribution in [1.82, 2.24) is 5.32 Å². The molecule has 2 aromatic rings. The number of halogens is 1. The summed E-state index contributed by atoms with van der Waals surface area (Å²) in [7, 11) is 0. The van der Waals surface area contributed by atoms with Gasteiger partial charge >= 0.3 is 0 Å². The molecule has 3 rings (SSSR count). The zero-order chi connectivity index (χ0) is 17.5. The van der Waals surface area contributed by atoms with Gasteiger partial charge in [0, 0.05) is 6.42 Å². The summed E-state index contributed by atoms with van der Waals surface area (Å²) in [6, 6.07) is 13.7. The van der Waals surface area contributed by atoms with Crippen LogP contribution in [0.15, 0.2) is 48.5 Å². The fourth-order valence-electron chi connectivity index (χ4n) is 3.03. The van der Waals surface area contributed by atoms with Crippen molar-refractivity contribution in [1.29, 1.82) is 0 Å². The van der Waals surface area contributed by atoms with Crippen LogP contribution < -0.4 is 15.4 Å². The van der Waals surface area contributed by atoms with Gasteiger partial charge in [-0.2, -0.15) is 0 Å². The van der Waals surface area contributed by atoms with E-state index in [0.717, 1.165) is 32.4 Å². The van der Waals surface area contributed by atoms with E-state index in [-0.39, 0.29) is 11.6 Å². The van der Waals surface area contributed by atoms with E-state index >= 15 is 0 Å². The third kappa shape index (κ3) is 5.03. The molecular weight excluding hydrogens is 319 g/mol. The van der Waals surface area contributed by atoms with Crippen LogP contribution >= 0.6 is 0 Å². The molecule has 1 saturated heterocycles. The van der Waals surface area contributed by atoms with E-state index in [1.165, 1.54) is 6.07 Å².